The first-order chi connectivity index (χ1) is 7.72. The summed E-state index contributed by atoms with van der Waals surface area (Å²) in [6.07, 6.45) is 5.15. The molecule has 1 saturated carbocycles. The number of anilines is 2. The number of benzene rings is 1. The first-order valence-corrected chi connectivity index (χ1v) is 7.12. The van der Waals surface area contributed by atoms with Gasteiger partial charge in [-0.05, 0) is 60.1 Å². The van der Waals surface area contributed by atoms with E-state index in [1.807, 2.05) is 0 Å². The van der Waals surface area contributed by atoms with E-state index in [2.05, 4.69) is 52.6 Å². The van der Waals surface area contributed by atoms with E-state index in [4.69, 9.17) is 5.73 Å². The van der Waals surface area contributed by atoms with Crippen molar-refractivity contribution in [2.45, 2.75) is 38.6 Å². The van der Waals surface area contributed by atoms with Gasteiger partial charge in [-0.25, -0.2) is 0 Å². The van der Waals surface area contributed by atoms with Crippen molar-refractivity contribution in [1.82, 2.24) is 0 Å². The van der Waals surface area contributed by atoms with Crippen LogP contribution < -0.4 is 10.6 Å². The summed E-state index contributed by atoms with van der Waals surface area (Å²) in [5.41, 5.74) is 8.27. The van der Waals surface area contributed by atoms with Crippen LogP contribution in [-0.4, -0.2) is 12.6 Å². The molecular weight excluding hydrogens is 311 g/mol. The van der Waals surface area contributed by atoms with Crippen LogP contribution in [0.1, 0.15) is 32.6 Å². The second-order valence-electron chi connectivity index (χ2n) is 4.48. The summed E-state index contributed by atoms with van der Waals surface area (Å²) in [5, 5.41) is 0. The van der Waals surface area contributed by atoms with Gasteiger partial charge in [0.15, 0.2) is 0 Å². The molecule has 2 rings (SSSR count). The molecule has 1 aromatic rings. The minimum absolute atomic E-state index is 0.744. The normalized spacial score (nSPS) is 15.1. The van der Waals surface area contributed by atoms with Gasteiger partial charge in [-0.1, -0.05) is 13.3 Å². The molecule has 0 unspecified atom stereocenters. The molecule has 16 heavy (non-hydrogen) atoms. The Kier molecular flexibility index (Phi) is 3.95. The van der Waals surface area contributed by atoms with Crippen LogP contribution in [0.5, 0.6) is 0 Å². The lowest BCUT2D eigenvalue weighted by molar-refractivity contribution is 0.714. The second kappa shape index (κ2) is 5.25. The third-order valence-electron chi connectivity index (χ3n) is 3.04. The minimum atomic E-state index is 0.744. The number of nitrogens with two attached hydrogens (primary N) is 1. The molecule has 1 aliphatic rings. The van der Waals surface area contributed by atoms with Gasteiger partial charge in [-0.15, -0.1) is 0 Å². The van der Waals surface area contributed by atoms with Crippen molar-refractivity contribution in [3.63, 3.8) is 0 Å². The van der Waals surface area contributed by atoms with Crippen molar-refractivity contribution < 1.29 is 0 Å². The maximum Gasteiger partial charge on any atom is 0.0603 e. The second-order valence-corrected chi connectivity index (χ2v) is 5.73. The van der Waals surface area contributed by atoms with Crippen LogP contribution in [0.3, 0.4) is 0 Å². The zero-order valence-electron chi connectivity index (χ0n) is 9.75. The lowest BCUT2D eigenvalue weighted by Crippen LogP contribution is -2.27. The smallest absolute Gasteiger partial charge is 0.0603 e. The first kappa shape index (κ1) is 12.0. The van der Waals surface area contributed by atoms with Gasteiger partial charge in [-0.3, -0.25) is 0 Å². The van der Waals surface area contributed by atoms with Crippen LogP contribution in [0.2, 0.25) is 0 Å². The molecule has 3 heteroatoms. The summed E-state index contributed by atoms with van der Waals surface area (Å²) in [4.78, 5) is 2.49. The molecule has 0 bridgehead atoms. The maximum absolute atomic E-state index is 6.11. The van der Waals surface area contributed by atoms with Gasteiger partial charge in [0.25, 0.3) is 0 Å². The minimum Gasteiger partial charge on any atom is -0.397 e. The number of rotatable bonds is 5. The van der Waals surface area contributed by atoms with E-state index < -0.39 is 0 Å². The molecule has 0 amide bonds. The molecule has 0 saturated heterocycles. The van der Waals surface area contributed by atoms with Crippen molar-refractivity contribution in [1.29, 1.82) is 0 Å². The van der Waals surface area contributed by atoms with E-state index in [9.17, 15) is 0 Å². The number of hydrogen-bond acceptors (Lipinski definition) is 2. The summed E-state index contributed by atoms with van der Waals surface area (Å²) in [6.45, 7) is 3.38. The predicted molar refractivity (Wildman–Crippen MR) is 78.8 cm³/mol. The van der Waals surface area contributed by atoms with Gasteiger partial charge in [0.1, 0.15) is 0 Å². The van der Waals surface area contributed by atoms with Gasteiger partial charge < -0.3 is 10.6 Å². The standard InChI is InChI=1S/C13H19IN2/c1-2-3-8-16(11-5-6-11)13-7-4-10(14)9-12(13)15/h4,7,9,11H,2-3,5-6,8,15H2,1H3. The highest BCUT2D eigenvalue weighted by Crippen LogP contribution is 2.35. The average molecular weight is 330 g/mol. The fraction of sp³-hybridized carbons (Fsp3) is 0.538. The zero-order valence-corrected chi connectivity index (χ0v) is 11.9. The Morgan fingerprint density at radius 3 is 2.75 bits per heavy atom. The lowest BCUT2D eigenvalue weighted by Gasteiger charge is -2.26. The van der Waals surface area contributed by atoms with Crippen molar-refractivity contribution in [3.8, 4) is 0 Å². The number of halogens is 1. The fourth-order valence-corrected chi connectivity index (χ4v) is 2.52. The third kappa shape index (κ3) is 2.81. The molecule has 0 aromatic heterocycles. The molecule has 0 radical (unpaired) electrons. The van der Waals surface area contributed by atoms with Crippen molar-refractivity contribution >= 4 is 34.0 Å². The zero-order chi connectivity index (χ0) is 11.5. The fourth-order valence-electron chi connectivity index (χ4n) is 2.00. The highest BCUT2D eigenvalue weighted by Gasteiger charge is 2.29. The van der Waals surface area contributed by atoms with Gasteiger partial charge in [0, 0.05) is 16.2 Å². The highest BCUT2D eigenvalue weighted by molar-refractivity contribution is 14.1. The van der Waals surface area contributed by atoms with Crippen molar-refractivity contribution in [2.24, 2.45) is 0 Å². The van der Waals surface area contributed by atoms with E-state index in [1.165, 1.54) is 34.9 Å². The van der Waals surface area contributed by atoms with Crippen molar-refractivity contribution in [3.05, 3.63) is 21.8 Å². The van der Waals surface area contributed by atoms with Gasteiger partial charge in [-0.2, -0.15) is 0 Å². The molecule has 2 nitrogen and oxygen atoms in total. The Morgan fingerprint density at radius 1 is 1.44 bits per heavy atom. The molecule has 88 valence electrons. The largest absolute Gasteiger partial charge is 0.397 e. The number of hydrogen-bond donors (Lipinski definition) is 1. The topological polar surface area (TPSA) is 29.3 Å². The van der Waals surface area contributed by atoms with Crippen LogP contribution >= 0.6 is 22.6 Å². The van der Waals surface area contributed by atoms with Crippen LogP contribution in [0, 0.1) is 3.57 Å². The van der Waals surface area contributed by atoms with Crippen LogP contribution in [-0.2, 0) is 0 Å². The lowest BCUT2D eigenvalue weighted by atomic mass is 10.2. The summed E-state index contributed by atoms with van der Waals surface area (Å²) in [6, 6.07) is 7.13. The molecule has 2 N–H and O–H groups in total. The Labute approximate surface area is 111 Å². The number of nitrogen functional groups attached to an aromatic ring is 1. The van der Waals surface area contributed by atoms with Gasteiger partial charge in [0.2, 0.25) is 0 Å². The Morgan fingerprint density at radius 2 is 2.19 bits per heavy atom. The monoisotopic (exact) mass is 330 g/mol. The first-order valence-electron chi connectivity index (χ1n) is 6.04. The average Bonchev–Trinajstić information content (AvgIpc) is 3.05. The van der Waals surface area contributed by atoms with Crippen LogP contribution in [0.25, 0.3) is 0 Å². The van der Waals surface area contributed by atoms with E-state index >= 15 is 0 Å². The molecule has 1 aromatic carbocycles. The van der Waals surface area contributed by atoms with Crippen LogP contribution in [0.15, 0.2) is 18.2 Å². The Bertz CT molecular complexity index is 361. The quantitative estimate of drug-likeness (QED) is 0.660. The third-order valence-corrected chi connectivity index (χ3v) is 3.71. The highest BCUT2D eigenvalue weighted by atomic mass is 127. The van der Waals surface area contributed by atoms with E-state index in [1.54, 1.807) is 0 Å². The van der Waals surface area contributed by atoms with Crippen molar-refractivity contribution in [2.75, 3.05) is 17.2 Å². The Hall–Kier alpha value is -0.450. The predicted octanol–water partition coefficient (Wildman–Crippen LogP) is 3.64. The van der Waals surface area contributed by atoms with Crippen LogP contribution in [0.4, 0.5) is 11.4 Å². The van der Waals surface area contributed by atoms with Gasteiger partial charge >= 0.3 is 0 Å². The Balaban J connectivity index is 2.17. The van der Waals surface area contributed by atoms with E-state index in [0.29, 0.717) is 0 Å². The number of nitrogens with zero attached hydrogens (tertiary/aromatic N) is 1. The van der Waals surface area contributed by atoms with Gasteiger partial charge in [0.05, 0.1) is 11.4 Å². The summed E-state index contributed by atoms with van der Waals surface area (Å²) in [7, 11) is 0. The number of unbranched alkanes of at least 4 members (excludes halogenated alkanes) is 1. The molecular formula is C13H19IN2. The summed E-state index contributed by atoms with van der Waals surface area (Å²) in [5.74, 6) is 0. The molecule has 0 heterocycles. The van der Waals surface area contributed by atoms with E-state index in [0.717, 1.165) is 18.3 Å². The molecule has 0 spiro atoms. The molecule has 1 aliphatic carbocycles. The molecule has 0 atom stereocenters. The van der Waals surface area contributed by atoms with E-state index in [-0.39, 0.29) is 0 Å². The summed E-state index contributed by atoms with van der Waals surface area (Å²) >= 11 is 2.31. The summed E-state index contributed by atoms with van der Waals surface area (Å²) < 4.78 is 1.21. The maximum atomic E-state index is 6.11. The molecule has 0 aliphatic heterocycles. The molecule has 1 fully saturated rings. The SMILES string of the molecule is CCCCN(c1ccc(I)cc1N)C1CC1.